The van der Waals surface area contributed by atoms with Crippen LogP contribution in [0.25, 0.3) is 0 Å². The fourth-order valence-corrected chi connectivity index (χ4v) is 4.78. The Kier molecular flexibility index (Phi) is 10.8. The average Bonchev–Trinajstić information content (AvgIpc) is 3.00. The van der Waals surface area contributed by atoms with Crippen LogP contribution in [0.1, 0.15) is 54.9 Å². The minimum absolute atomic E-state index is 0.297. The van der Waals surface area contributed by atoms with Crippen molar-refractivity contribution in [3.05, 3.63) is 125 Å². The van der Waals surface area contributed by atoms with Crippen molar-refractivity contribution in [2.45, 2.75) is 58.1 Å². The number of hydrogen-bond acceptors (Lipinski definition) is 4. The Bertz CT molecular complexity index is 1550. The molecule has 0 saturated heterocycles. The molecule has 0 aromatic heterocycles. The number of nitrogens with one attached hydrogen (secondary N) is 3. The van der Waals surface area contributed by atoms with Crippen molar-refractivity contribution in [2.75, 3.05) is 10.6 Å². The summed E-state index contributed by atoms with van der Waals surface area (Å²) in [4.78, 5) is 36.8. The van der Waals surface area contributed by atoms with E-state index in [1.54, 1.807) is 24.3 Å². The maximum atomic E-state index is 12.9. The third-order valence-electron chi connectivity index (χ3n) is 7.30. The molecule has 8 nitrogen and oxygen atoms in total. The molecule has 0 radical (unpaired) electrons. The summed E-state index contributed by atoms with van der Waals surface area (Å²) in [6, 6.07) is 31.6. The van der Waals surface area contributed by atoms with Gasteiger partial charge in [0.05, 0.1) is 12.3 Å². The van der Waals surface area contributed by atoms with Gasteiger partial charge in [-0.05, 0) is 86.2 Å². The summed E-state index contributed by atoms with van der Waals surface area (Å²) in [5.41, 5.74) is 4.63. The van der Waals surface area contributed by atoms with Crippen LogP contribution in [0.3, 0.4) is 0 Å². The van der Waals surface area contributed by atoms with E-state index in [1.807, 2.05) is 99.6 Å². The van der Waals surface area contributed by atoms with Crippen LogP contribution in [-0.2, 0) is 22.6 Å². The molecule has 0 aliphatic heterocycles. The topological polar surface area (TPSA) is 117 Å². The van der Waals surface area contributed by atoms with Gasteiger partial charge >= 0.3 is 12.0 Å². The maximum Gasteiger partial charge on any atom is 0.323 e. The first kappa shape index (κ1) is 31.8. The number of rotatable bonds is 13. The fraction of sp³-hybridized carbons (Fsp3) is 0.250. The number of aliphatic carboxylic acids is 1. The van der Waals surface area contributed by atoms with Crippen LogP contribution in [-0.4, -0.2) is 28.6 Å². The van der Waals surface area contributed by atoms with Crippen molar-refractivity contribution in [1.82, 2.24) is 5.32 Å². The molecule has 0 saturated carbocycles. The Balaban J connectivity index is 1.29. The van der Waals surface area contributed by atoms with Gasteiger partial charge in [0.25, 0.3) is 0 Å². The highest BCUT2D eigenvalue weighted by Crippen LogP contribution is 2.27. The molecule has 0 bridgehead atoms. The lowest BCUT2D eigenvalue weighted by Gasteiger charge is -2.27. The SMILES string of the molecule is Cc1ccccc1NC(=O)Nc1ccc(CCC(C)(C)Oc2ccc(C(CC(=O)O)C(=O)NCc3ccccc3)cc2)cc1. The Morgan fingerprint density at radius 1 is 0.795 bits per heavy atom. The Labute approximate surface area is 258 Å². The van der Waals surface area contributed by atoms with E-state index in [9.17, 15) is 19.5 Å². The van der Waals surface area contributed by atoms with Crippen LogP contribution in [0.5, 0.6) is 5.75 Å². The predicted octanol–water partition coefficient (Wildman–Crippen LogP) is 7.30. The molecule has 0 fully saturated rings. The highest BCUT2D eigenvalue weighted by Gasteiger charge is 2.25. The van der Waals surface area contributed by atoms with Gasteiger partial charge < -0.3 is 25.8 Å². The second-order valence-corrected chi connectivity index (χ2v) is 11.4. The summed E-state index contributed by atoms with van der Waals surface area (Å²) in [7, 11) is 0. The first-order valence-corrected chi connectivity index (χ1v) is 14.6. The van der Waals surface area contributed by atoms with Crippen molar-refractivity contribution in [2.24, 2.45) is 0 Å². The van der Waals surface area contributed by atoms with E-state index in [2.05, 4.69) is 16.0 Å². The third kappa shape index (κ3) is 9.73. The van der Waals surface area contributed by atoms with Gasteiger partial charge in [0, 0.05) is 17.9 Å². The van der Waals surface area contributed by atoms with Crippen LogP contribution in [0, 0.1) is 6.92 Å². The Hall–Kier alpha value is -5.11. The van der Waals surface area contributed by atoms with E-state index in [1.165, 1.54) is 0 Å². The number of carboxylic acids is 1. The molecule has 3 amide bonds. The molecule has 1 atom stereocenters. The summed E-state index contributed by atoms with van der Waals surface area (Å²) in [5, 5.41) is 18.0. The number of carbonyl (C=O) groups is 3. The molecule has 4 aromatic carbocycles. The highest BCUT2D eigenvalue weighted by atomic mass is 16.5. The van der Waals surface area contributed by atoms with Crippen molar-refractivity contribution in [1.29, 1.82) is 0 Å². The quantitative estimate of drug-likeness (QED) is 0.130. The summed E-state index contributed by atoms with van der Waals surface area (Å²) >= 11 is 0. The largest absolute Gasteiger partial charge is 0.488 e. The number of anilines is 2. The maximum absolute atomic E-state index is 12.9. The molecular weight excluding hydrogens is 554 g/mol. The number of carbonyl (C=O) groups excluding carboxylic acids is 2. The van der Waals surface area contributed by atoms with Crippen LogP contribution in [0.2, 0.25) is 0 Å². The molecule has 0 aliphatic carbocycles. The first-order valence-electron chi connectivity index (χ1n) is 14.6. The standard InChI is InChI=1S/C36H39N3O5/c1-25-9-7-8-12-32(25)39-35(43)38-29-17-13-26(14-18-29)21-22-36(2,3)44-30-19-15-28(16-20-30)31(23-33(40)41)34(42)37-24-27-10-5-4-6-11-27/h4-20,31H,21-24H2,1-3H3,(H,37,42)(H,40,41)(H2,38,39,43). The molecule has 0 heterocycles. The van der Waals surface area contributed by atoms with Gasteiger partial charge in [-0.25, -0.2) is 4.79 Å². The lowest BCUT2D eigenvalue weighted by molar-refractivity contribution is -0.139. The number of benzene rings is 4. The predicted molar refractivity (Wildman–Crippen MR) is 173 cm³/mol. The number of para-hydroxylation sites is 1. The minimum atomic E-state index is -1.04. The number of carboxylic acid groups (broad SMARTS) is 1. The first-order chi connectivity index (χ1) is 21.1. The van der Waals surface area contributed by atoms with Gasteiger partial charge in [-0.15, -0.1) is 0 Å². The number of hydrogen-bond donors (Lipinski definition) is 4. The second-order valence-electron chi connectivity index (χ2n) is 11.4. The van der Waals surface area contributed by atoms with Crippen LogP contribution in [0.15, 0.2) is 103 Å². The summed E-state index contributed by atoms with van der Waals surface area (Å²) < 4.78 is 6.27. The van der Waals surface area contributed by atoms with Gasteiger partial charge in [0.15, 0.2) is 0 Å². The summed E-state index contributed by atoms with van der Waals surface area (Å²) in [6.07, 6.45) is 1.19. The van der Waals surface area contributed by atoms with Crippen molar-refractivity contribution < 1.29 is 24.2 Å². The van der Waals surface area contributed by atoms with Crippen molar-refractivity contribution in [3.8, 4) is 5.75 Å². The minimum Gasteiger partial charge on any atom is -0.488 e. The number of amides is 3. The van der Waals surface area contributed by atoms with E-state index in [4.69, 9.17) is 4.74 Å². The molecule has 228 valence electrons. The molecular formula is C36H39N3O5. The van der Waals surface area contributed by atoms with Crippen molar-refractivity contribution >= 4 is 29.3 Å². The number of aryl methyl sites for hydroxylation is 2. The van der Waals surface area contributed by atoms with E-state index in [0.717, 1.165) is 35.2 Å². The molecule has 44 heavy (non-hydrogen) atoms. The number of ether oxygens (including phenoxy) is 1. The molecule has 0 aliphatic rings. The smallest absolute Gasteiger partial charge is 0.323 e. The van der Waals surface area contributed by atoms with Gasteiger partial charge in [-0.3, -0.25) is 9.59 Å². The molecule has 4 aromatic rings. The zero-order valence-corrected chi connectivity index (χ0v) is 25.3. The summed E-state index contributed by atoms with van der Waals surface area (Å²) in [5.74, 6) is -1.56. The second kappa shape index (κ2) is 14.9. The van der Waals surface area contributed by atoms with Crippen LogP contribution in [0.4, 0.5) is 16.2 Å². The highest BCUT2D eigenvalue weighted by molar-refractivity contribution is 6.00. The van der Waals surface area contributed by atoms with Gasteiger partial charge in [0.1, 0.15) is 11.4 Å². The van der Waals surface area contributed by atoms with E-state index in [0.29, 0.717) is 23.5 Å². The normalized spacial score (nSPS) is 11.7. The lowest BCUT2D eigenvalue weighted by Crippen LogP contribution is -2.30. The monoisotopic (exact) mass is 593 g/mol. The molecule has 1 unspecified atom stereocenters. The third-order valence-corrected chi connectivity index (χ3v) is 7.30. The molecule has 8 heteroatoms. The molecule has 0 spiro atoms. The lowest BCUT2D eigenvalue weighted by atomic mass is 9.94. The number of urea groups is 1. The van der Waals surface area contributed by atoms with Crippen molar-refractivity contribution in [3.63, 3.8) is 0 Å². The summed E-state index contributed by atoms with van der Waals surface area (Å²) in [6.45, 7) is 6.29. The van der Waals surface area contributed by atoms with Gasteiger partial charge in [-0.1, -0.05) is 72.8 Å². The Morgan fingerprint density at radius 3 is 2.11 bits per heavy atom. The fourth-order valence-electron chi connectivity index (χ4n) is 4.78. The molecule has 4 N–H and O–H groups in total. The zero-order chi connectivity index (χ0) is 31.5. The van der Waals surface area contributed by atoms with E-state index in [-0.39, 0.29) is 18.4 Å². The van der Waals surface area contributed by atoms with E-state index < -0.39 is 17.5 Å². The van der Waals surface area contributed by atoms with Gasteiger partial charge in [0.2, 0.25) is 5.91 Å². The Morgan fingerprint density at radius 2 is 1.45 bits per heavy atom. The van der Waals surface area contributed by atoms with Crippen LogP contribution < -0.4 is 20.7 Å². The zero-order valence-electron chi connectivity index (χ0n) is 25.3. The van der Waals surface area contributed by atoms with E-state index >= 15 is 0 Å². The molecule has 4 rings (SSSR count). The van der Waals surface area contributed by atoms with Crippen LogP contribution >= 0.6 is 0 Å². The van der Waals surface area contributed by atoms with Gasteiger partial charge in [-0.2, -0.15) is 0 Å². The average molecular weight is 594 g/mol.